The first-order valence-corrected chi connectivity index (χ1v) is 14.7. The molecule has 0 saturated carbocycles. The van der Waals surface area contributed by atoms with E-state index in [0.717, 1.165) is 10.2 Å². The molecule has 12 heteroatoms. The third-order valence-corrected chi connectivity index (χ3v) is 8.76. The Balaban J connectivity index is 0.00000380. The second-order valence-electron chi connectivity index (χ2n) is 11.1. The van der Waals surface area contributed by atoms with Crippen molar-refractivity contribution >= 4 is 77.1 Å². The Kier molecular flexibility index (Phi) is 12.9. The smallest absolute Gasteiger partial charge is 0.264 e. The minimum Gasteiger partial charge on any atom is -0.505 e. The highest BCUT2D eigenvalue weighted by Crippen LogP contribution is 2.36. The normalized spacial score (nSPS) is 13.3. The molecule has 4 N–H and O–H groups in total. The summed E-state index contributed by atoms with van der Waals surface area (Å²) < 4.78 is 29.6. The molecule has 0 aliphatic carbocycles. The summed E-state index contributed by atoms with van der Waals surface area (Å²) in [4.78, 5) is 16.8. The van der Waals surface area contributed by atoms with Gasteiger partial charge in [-0.05, 0) is 53.5 Å². The van der Waals surface area contributed by atoms with E-state index in [2.05, 4.69) is 10.3 Å². The zero-order valence-electron chi connectivity index (χ0n) is 23.2. The summed E-state index contributed by atoms with van der Waals surface area (Å²) in [5, 5.41) is 14.1. The maximum absolute atomic E-state index is 13.8. The molecule has 1 aromatic heterocycles. The van der Waals surface area contributed by atoms with Crippen molar-refractivity contribution in [1.29, 1.82) is 0 Å². The average Bonchev–Trinajstić information content (AvgIpc) is 3.29. The summed E-state index contributed by atoms with van der Waals surface area (Å²) >= 11 is 1.38. The van der Waals surface area contributed by atoms with Crippen LogP contribution in [0.4, 0.5) is 5.69 Å². The Morgan fingerprint density at radius 2 is 1.82 bits per heavy atom. The molecule has 2 aromatic carbocycles. The van der Waals surface area contributed by atoms with Gasteiger partial charge in [0.1, 0.15) is 5.75 Å². The zero-order valence-corrected chi connectivity index (χ0v) is 28.2. The Bertz CT molecular complexity index is 1360. The first-order valence-electron chi connectivity index (χ1n) is 12.4. The molecule has 0 fully saturated rings. The summed E-state index contributed by atoms with van der Waals surface area (Å²) in [7, 11) is -3.95. The van der Waals surface area contributed by atoms with Crippen LogP contribution in [0.5, 0.6) is 5.75 Å². The molecular weight excluding hydrogens is 668 g/mol. The number of rotatable bonds is 10. The lowest BCUT2D eigenvalue weighted by atomic mass is 9.87. The highest BCUT2D eigenvalue weighted by Gasteiger charge is 2.30. The van der Waals surface area contributed by atoms with Gasteiger partial charge in [0.25, 0.3) is 10.0 Å². The lowest BCUT2D eigenvalue weighted by molar-refractivity contribution is -0.124. The zero-order chi connectivity index (χ0) is 27.5. The summed E-state index contributed by atoms with van der Waals surface area (Å²) in [6.07, 6.45) is 0.451. The van der Waals surface area contributed by atoms with Crippen LogP contribution in [0.2, 0.25) is 0 Å². The first kappa shape index (κ1) is 35.3. The maximum atomic E-state index is 13.8. The van der Waals surface area contributed by atoms with Crippen molar-refractivity contribution in [1.82, 2.24) is 10.3 Å². The molecule has 39 heavy (non-hydrogen) atoms. The van der Waals surface area contributed by atoms with E-state index in [9.17, 15) is 18.3 Å². The van der Waals surface area contributed by atoms with Gasteiger partial charge in [0.2, 0.25) is 5.91 Å². The number of fused-ring (bicyclic) bond motifs is 1. The number of nitrogens with zero attached hydrogens (tertiary/aromatic N) is 2. The van der Waals surface area contributed by atoms with E-state index < -0.39 is 16.1 Å². The minimum atomic E-state index is -3.95. The average molecular weight is 709 g/mol. The van der Waals surface area contributed by atoms with Crippen LogP contribution in [0.25, 0.3) is 10.2 Å². The number of halogens is 2. The largest absolute Gasteiger partial charge is 0.505 e. The van der Waals surface area contributed by atoms with E-state index in [4.69, 9.17) is 5.73 Å². The maximum Gasteiger partial charge on any atom is 0.264 e. The number of aromatic hydroxyl groups is 1. The van der Waals surface area contributed by atoms with E-state index >= 15 is 0 Å². The molecule has 0 aliphatic rings. The van der Waals surface area contributed by atoms with Crippen molar-refractivity contribution in [3.63, 3.8) is 0 Å². The van der Waals surface area contributed by atoms with Gasteiger partial charge in [0.15, 0.2) is 0 Å². The van der Waals surface area contributed by atoms with Crippen molar-refractivity contribution in [2.45, 2.75) is 58.9 Å². The second-order valence-corrected chi connectivity index (χ2v) is 13.8. The van der Waals surface area contributed by atoms with Crippen molar-refractivity contribution in [2.24, 2.45) is 23.0 Å². The number of hydrogen-bond donors (Lipinski definition) is 3. The van der Waals surface area contributed by atoms with Gasteiger partial charge in [0, 0.05) is 13.1 Å². The highest BCUT2D eigenvalue weighted by atomic mass is 79.9. The van der Waals surface area contributed by atoms with Gasteiger partial charge < -0.3 is 16.2 Å². The summed E-state index contributed by atoms with van der Waals surface area (Å²) in [5.74, 6) is -0.285. The van der Waals surface area contributed by atoms with Crippen molar-refractivity contribution in [2.75, 3.05) is 17.4 Å². The molecule has 1 unspecified atom stereocenters. The Hall–Kier alpha value is -1.73. The van der Waals surface area contributed by atoms with Gasteiger partial charge in [-0.2, -0.15) is 0 Å². The predicted molar refractivity (Wildman–Crippen MR) is 171 cm³/mol. The fourth-order valence-electron chi connectivity index (χ4n) is 3.95. The summed E-state index contributed by atoms with van der Waals surface area (Å²) in [6, 6.07) is 9.41. The van der Waals surface area contributed by atoms with E-state index in [1.807, 2.05) is 41.5 Å². The fraction of sp³-hybridized carbons (Fsp3) is 0.481. The van der Waals surface area contributed by atoms with Gasteiger partial charge in [-0.1, -0.05) is 53.7 Å². The standard InChI is InChI=1S/C27H38N4O4S2.2BrH/c1-17(2)15-31(37(34,35)20-10-11-21-23(13-20)36-16-30-21)22-9-7-8-19(24(22)32)12-18(3)14-29-26(33)25(28)27(4,5)6;;/h7-11,13,16-18,25,32H,12,14-15,28H2,1-6H3,(H,29,33);2*1H/t18?,25-;;/m0../s1. The first-order chi connectivity index (χ1) is 17.2. The number of nitrogens with two attached hydrogens (primary N) is 1. The number of anilines is 1. The number of hydrogen-bond acceptors (Lipinski definition) is 7. The molecule has 218 valence electrons. The molecule has 0 spiro atoms. The number of phenols is 1. The molecule has 0 bridgehead atoms. The number of amides is 1. The molecule has 2 atom stereocenters. The van der Waals surface area contributed by atoms with Crippen LogP contribution < -0.4 is 15.4 Å². The minimum absolute atomic E-state index is 0. The number of thiazole rings is 1. The Morgan fingerprint density at radius 3 is 2.44 bits per heavy atom. The lowest BCUT2D eigenvalue weighted by Crippen LogP contribution is -2.49. The van der Waals surface area contributed by atoms with Gasteiger partial charge in [0.05, 0.1) is 32.4 Å². The van der Waals surface area contributed by atoms with Crippen molar-refractivity contribution in [3.05, 3.63) is 47.5 Å². The number of carbonyl (C=O) groups is 1. The number of aromatic nitrogens is 1. The number of phenolic OH excluding ortho intramolecular Hbond substituents is 1. The monoisotopic (exact) mass is 706 g/mol. The van der Waals surface area contributed by atoms with Crippen LogP contribution in [0.1, 0.15) is 47.1 Å². The van der Waals surface area contributed by atoms with E-state index in [0.29, 0.717) is 18.5 Å². The molecule has 1 amide bonds. The second kappa shape index (κ2) is 14.2. The lowest BCUT2D eigenvalue weighted by Gasteiger charge is -2.28. The highest BCUT2D eigenvalue weighted by molar-refractivity contribution is 8.93. The predicted octanol–water partition coefficient (Wildman–Crippen LogP) is 5.68. The number of sulfonamides is 1. The summed E-state index contributed by atoms with van der Waals surface area (Å²) in [5.41, 5.74) is 8.97. The van der Waals surface area contributed by atoms with Crippen LogP contribution >= 0.6 is 45.3 Å². The Morgan fingerprint density at radius 1 is 1.15 bits per heavy atom. The fourth-order valence-corrected chi connectivity index (χ4v) is 6.40. The topological polar surface area (TPSA) is 126 Å². The van der Waals surface area contributed by atoms with Crippen LogP contribution in [-0.4, -0.2) is 43.5 Å². The number of nitrogens with one attached hydrogen (secondary N) is 1. The van der Waals surface area contributed by atoms with Crippen LogP contribution in [0, 0.1) is 17.3 Å². The molecular formula is C27H40Br2N4O4S2. The van der Waals surface area contributed by atoms with Gasteiger partial charge >= 0.3 is 0 Å². The molecule has 0 radical (unpaired) electrons. The van der Waals surface area contributed by atoms with E-state index in [1.54, 1.807) is 41.9 Å². The van der Waals surface area contributed by atoms with Crippen molar-refractivity contribution < 1.29 is 18.3 Å². The molecule has 3 rings (SSSR count). The number of carbonyl (C=O) groups excluding carboxylic acids is 1. The van der Waals surface area contributed by atoms with Gasteiger partial charge in [-0.15, -0.1) is 45.3 Å². The molecule has 8 nitrogen and oxygen atoms in total. The van der Waals surface area contributed by atoms with Crippen LogP contribution in [0.3, 0.4) is 0 Å². The van der Waals surface area contributed by atoms with Gasteiger partial charge in [-0.25, -0.2) is 13.4 Å². The quantitative estimate of drug-likeness (QED) is 0.249. The SMILES string of the molecule is Br.Br.CC(C)CN(c1cccc(CC(C)CNC(=O)[C@H](N)C(C)(C)C)c1O)S(=O)(=O)c1ccc2ncsc2c1. The number of para-hydroxylation sites is 1. The third-order valence-electron chi connectivity index (χ3n) is 6.20. The van der Waals surface area contributed by atoms with Crippen LogP contribution in [0.15, 0.2) is 46.8 Å². The van der Waals surface area contributed by atoms with Gasteiger partial charge in [-0.3, -0.25) is 9.10 Å². The third kappa shape index (κ3) is 8.63. The number of benzene rings is 2. The van der Waals surface area contributed by atoms with Crippen molar-refractivity contribution in [3.8, 4) is 5.75 Å². The molecule has 1 heterocycles. The van der Waals surface area contributed by atoms with Crippen LogP contribution in [-0.2, 0) is 21.2 Å². The Labute approximate surface area is 257 Å². The summed E-state index contributed by atoms with van der Waals surface area (Å²) in [6.45, 7) is 12.2. The molecule has 0 aliphatic heterocycles. The molecule has 0 saturated heterocycles. The van der Waals surface area contributed by atoms with E-state index in [-0.39, 0.29) is 80.0 Å². The van der Waals surface area contributed by atoms with E-state index in [1.165, 1.54) is 15.6 Å². The molecule has 3 aromatic rings.